The molecule has 0 aliphatic heterocycles. The van der Waals surface area contributed by atoms with Crippen LogP contribution in [0.25, 0.3) is 11.4 Å². The zero-order chi connectivity index (χ0) is 14.2. The van der Waals surface area contributed by atoms with Crippen molar-refractivity contribution in [2.75, 3.05) is 13.1 Å². The van der Waals surface area contributed by atoms with E-state index in [4.69, 9.17) is 0 Å². The first-order valence-corrected chi connectivity index (χ1v) is 6.80. The summed E-state index contributed by atoms with van der Waals surface area (Å²) in [6.07, 6.45) is 1.51. The Hall–Kier alpha value is -1.64. The van der Waals surface area contributed by atoms with E-state index in [9.17, 15) is 0 Å². The third-order valence-corrected chi connectivity index (χ3v) is 2.72. The molecule has 3 N–H and O–H groups in total. The molecular formula is C14H21IN6. The molecule has 0 saturated carbocycles. The maximum absolute atomic E-state index is 4.54. The van der Waals surface area contributed by atoms with Crippen molar-refractivity contribution in [3.8, 4) is 11.4 Å². The Labute approximate surface area is 141 Å². The Morgan fingerprint density at radius 2 is 2.00 bits per heavy atom. The van der Waals surface area contributed by atoms with Crippen molar-refractivity contribution >= 4 is 29.9 Å². The number of hydrogen-bond donors (Lipinski definition) is 3. The van der Waals surface area contributed by atoms with Gasteiger partial charge in [-0.15, -0.1) is 24.0 Å². The molecule has 1 aromatic heterocycles. The molecule has 0 fully saturated rings. The van der Waals surface area contributed by atoms with E-state index in [2.05, 4.69) is 56.8 Å². The van der Waals surface area contributed by atoms with E-state index in [-0.39, 0.29) is 24.0 Å². The first-order valence-electron chi connectivity index (χ1n) is 6.80. The van der Waals surface area contributed by atoms with E-state index < -0.39 is 0 Å². The summed E-state index contributed by atoms with van der Waals surface area (Å²) in [5.74, 6) is 1.61. The fourth-order valence-electron chi connectivity index (χ4n) is 1.84. The van der Waals surface area contributed by atoms with Crippen LogP contribution in [0.15, 0.2) is 35.6 Å². The minimum absolute atomic E-state index is 0. The molecule has 0 spiro atoms. The summed E-state index contributed by atoms with van der Waals surface area (Å²) in [7, 11) is 0. The molecule has 2 aromatic rings. The number of aliphatic imine (C=N–C) groups is 1. The summed E-state index contributed by atoms with van der Waals surface area (Å²) in [5.41, 5.74) is 2.15. The van der Waals surface area contributed by atoms with Gasteiger partial charge in [-0.25, -0.2) is 9.98 Å². The second-order valence-corrected chi connectivity index (χ2v) is 4.26. The highest BCUT2D eigenvalue weighted by molar-refractivity contribution is 14.0. The standard InChI is InChI=1S/C14H20N6.HI/c1-3-15-14(16-4-2)17-9-11-6-5-7-12(8-11)13-18-10-19-20-13;/h5-8,10H,3-4,9H2,1-2H3,(H2,15,16,17)(H,18,19,20);1H. The van der Waals surface area contributed by atoms with Crippen LogP contribution in [0.1, 0.15) is 19.4 Å². The van der Waals surface area contributed by atoms with Gasteiger partial charge in [0, 0.05) is 18.7 Å². The maximum atomic E-state index is 4.54. The number of nitrogens with one attached hydrogen (secondary N) is 3. The molecule has 0 atom stereocenters. The largest absolute Gasteiger partial charge is 0.357 e. The zero-order valence-corrected chi connectivity index (χ0v) is 14.6. The van der Waals surface area contributed by atoms with Crippen LogP contribution in [0, 0.1) is 0 Å². The van der Waals surface area contributed by atoms with Crippen molar-refractivity contribution in [1.29, 1.82) is 0 Å². The van der Waals surface area contributed by atoms with E-state index in [1.165, 1.54) is 6.33 Å². The second kappa shape index (κ2) is 9.32. The number of halogens is 1. The molecule has 1 heterocycles. The summed E-state index contributed by atoms with van der Waals surface area (Å²) in [6, 6.07) is 8.13. The van der Waals surface area contributed by atoms with Gasteiger partial charge in [0.25, 0.3) is 0 Å². The van der Waals surface area contributed by atoms with Gasteiger partial charge in [-0.05, 0) is 25.5 Å². The number of hydrogen-bond acceptors (Lipinski definition) is 3. The van der Waals surface area contributed by atoms with Crippen LogP contribution < -0.4 is 10.6 Å². The lowest BCUT2D eigenvalue weighted by Crippen LogP contribution is -2.36. The van der Waals surface area contributed by atoms with Gasteiger partial charge >= 0.3 is 0 Å². The van der Waals surface area contributed by atoms with E-state index in [0.717, 1.165) is 36.0 Å². The number of nitrogens with zero attached hydrogens (tertiary/aromatic N) is 3. The molecule has 0 aliphatic carbocycles. The van der Waals surface area contributed by atoms with Crippen molar-refractivity contribution in [3.63, 3.8) is 0 Å². The Morgan fingerprint density at radius 3 is 2.62 bits per heavy atom. The average molecular weight is 400 g/mol. The lowest BCUT2D eigenvalue weighted by molar-refractivity contribution is 0.839. The second-order valence-electron chi connectivity index (χ2n) is 4.26. The Kier molecular flexibility index (Phi) is 7.73. The first-order chi connectivity index (χ1) is 9.83. The quantitative estimate of drug-likeness (QED) is 0.409. The number of rotatable bonds is 5. The summed E-state index contributed by atoms with van der Waals surface area (Å²) < 4.78 is 0. The first kappa shape index (κ1) is 17.4. The summed E-state index contributed by atoms with van der Waals surface area (Å²) in [4.78, 5) is 8.70. The van der Waals surface area contributed by atoms with Crippen LogP contribution in [0.5, 0.6) is 0 Å². The number of guanidine groups is 1. The smallest absolute Gasteiger partial charge is 0.191 e. The molecule has 7 heteroatoms. The highest BCUT2D eigenvalue weighted by Crippen LogP contribution is 2.15. The fraction of sp³-hybridized carbons (Fsp3) is 0.357. The van der Waals surface area contributed by atoms with E-state index in [1.54, 1.807) is 0 Å². The highest BCUT2D eigenvalue weighted by Gasteiger charge is 2.02. The summed E-state index contributed by atoms with van der Waals surface area (Å²) in [6.45, 7) is 6.43. The highest BCUT2D eigenvalue weighted by atomic mass is 127. The van der Waals surface area contributed by atoms with Crippen LogP contribution in [0.3, 0.4) is 0 Å². The van der Waals surface area contributed by atoms with E-state index in [1.807, 2.05) is 12.1 Å². The molecule has 21 heavy (non-hydrogen) atoms. The maximum Gasteiger partial charge on any atom is 0.191 e. The Bertz CT molecular complexity index is 544. The summed E-state index contributed by atoms with van der Waals surface area (Å²) in [5, 5.41) is 13.1. The van der Waals surface area contributed by atoms with Gasteiger partial charge in [0.1, 0.15) is 6.33 Å². The molecule has 0 radical (unpaired) electrons. The number of aromatic amines is 1. The zero-order valence-electron chi connectivity index (χ0n) is 12.3. The van der Waals surface area contributed by atoms with Gasteiger partial charge in [0.15, 0.2) is 11.8 Å². The fourth-order valence-corrected chi connectivity index (χ4v) is 1.84. The topological polar surface area (TPSA) is 78.0 Å². The predicted octanol–water partition coefficient (Wildman–Crippen LogP) is 2.16. The van der Waals surface area contributed by atoms with Crippen LogP contribution in [0.4, 0.5) is 0 Å². The van der Waals surface area contributed by atoms with Gasteiger partial charge in [0.05, 0.1) is 6.54 Å². The molecular weight excluding hydrogens is 379 g/mol. The van der Waals surface area contributed by atoms with Crippen LogP contribution >= 0.6 is 24.0 Å². The molecule has 6 nitrogen and oxygen atoms in total. The molecule has 0 unspecified atom stereocenters. The SMILES string of the molecule is CCNC(=NCc1cccc(-c2ncn[nH]2)c1)NCC.I. The van der Waals surface area contributed by atoms with Crippen molar-refractivity contribution in [2.45, 2.75) is 20.4 Å². The van der Waals surface area contributed by atoms with E-state index in [0.29, 0.717) is 6.54 Å². The lowest BCUT2D eigenvalue weighted by atomic mass is 10.1. The molecule has 2 rings (SSSR count). The van der Waals surface area contributed by atoms with Crippen molar-refractivity contribution in [2.24, 2.45) is 4.99 Å². The van der Waals surface area contributed by atoms with Gasteiger partial charge < -0.3 is 10.6 Å². The van der Waals surface area contributed by atoms with E-state index >= 15 is 0 Å². The number of aromatic nitrogens is 3. The monoisotopic (exact) mass is 400 g/mol. The van der Waals surface area contributed by atoms with Crippen LogP contribution in [0.2, 0.25) is 0 Å². The van der Waals surface area contributed by atoms with Crippen LogP contribution in [-0.2, 0) is 6.54 Å². The third-order valence-electron chi connectivity index (χ3n) is 2.72. The summed E-state index contributed by atoms with van der Waals surface area (Å²) >= 11 is 0. The molecule has 0 amide bonds. The third kappa shape index (κ3) is 5.33. The predicted molar refractivity (Wildman–Crippen MR) is 95.7 cm³/mol. The minimum Gasteiger partial charge on any atom is -0.357 e. The molecule has 0 saturated heterocycles. The molecule has 1 aromatic carbocycles. The number of H-pyrrole nitrogens is 1. The average Bonchev–Trinajstić information content (AvgIpc) is 3.00. The van der Waals surface area contributed by atoms with Crippen LogP contribution in [-0.4, -0.2) is 34.2 Å². The van der Waals surface area contributed by atoms with Gasteiger partial charge in [0.2, 0.25) is 0 Å². The normalized spacial score (nSPS) is 9.62. The molecule has 0 bridgehead atoms. The minimum atomic E-state index is 0. The van der Waals surface area contributed by atoms with Gasteiger partial charge in [-0.1, -0.05) is 18.2 Å². The lowest BCUT2D eigenvalue weighted by Gasteiger charge is -2.09. The van der Waals surface area contributed by atoms with Gasteiger partial charge in [-0.3, -0.25) is 5.10 Å². The Balaban J connectivity index is 0.00000220. The van der Waals surface area contributed by atoms with Gasteiger partial charge in [-0.2, -0.15) is 5.10 Å². The van der Waals surface area contributed by atoms with Crippen molar-refractivity contribution in [1.82, 2.24) is 25.8 Å². The number of benzene rings is 1. The van der Waals surface area contributed by atoms with Crippen molar-refractivity contribution in [3.05, 3.63) is 36.2 Å². The van der Waals surface area contributed by atoms with Crippen molar-refractivity contribution < 1.29 is 0 Å². The molecule has 114 valence electrons. The molecule has 0 aliphatic rings. The Morgan fingerprint density at radius 1 is 1.24 bits per heavy atom.